The summed E-state index contributed by atoms with van der Waals surface area (Å²) >= 11 is 7.86. The maximum Gasteiger partial charge on any atom is 0.228 e. The molecule has 142 valence electrons. The van der Waals surface area contributed by atoms with Crippen LogP contribution in [0, 0.1) is 5.92 Å². The summed E-state index contributed by atoms with van der Waals surface area (Å²) in [5.41, 5.74) is 0.811. The monoisotopic (exact) mass is 395 g/mol. The molecule has 2 aliphatic heterocycles. The Morgan fingerprint density at radius 1 is 1.31 bits per heavy atom. The highest BCUT2D eigenvalue weighted by molar-refractivity contribution is 7.99. The molecule has 26 heavy (non-hydrogen) atoms. The Hall–Kier alpha value is -1.24. The maximum atomic E-state index is 13.2. The lowest BCUT2D eigenvalue weighted by Gasteiger charge is -2.33. The van der Waals surface area contributed by atoms with E-state index in [1.807, 2.05) is 42.9 Å². The van der Waals surface area contributed by atoms with Gasteiger partial charge in [0.1, 0.15) is 0 Å². The predicted octanol–water partition coefficient (Wildman–Crippen LogP) is 2.59. The number of thioether (sulfide) groups is 1. The quantitative estimate of drug-likeness (QED) is 0.786. The molecule has 2 amide bonds. The van der Waals surface area contributed by atoms with E-state index in [2.05, 4.69) is 4.90 Å². The molecule has 2 heterocycles. The predicted molar refractivity (Wildman–Crippen MR) is 108 cm³/mol. The second-order valence-electron chi connectivity index (χ2n) is 7.26. The van der Waals surface area contributed by atoms with Gasteiger partial charge >= 0.3 is 0 Å². The molecule has 0 spiro atoms. The van der Waals surface area contributed by atoms with E-state index in [-0.39, 0.29) is 23.8 Å². The number of likely N-dealkylation sites (N-methyl/N-ethyl adjacent to an activating group) is 1. The van der Waals surface area contributed by atoms with Gasteiger partial charge in [0.15, 0.2) is 0 Å². The summed E-state index contributed by atoms with van der Waals surface area (Å²) in [6.45, 7) is 2.11. The number of anilines is 1. The van der Waals surface area contributed by atoms with Gasteiger partial charge in [-0.05, 0) is 50.5 Å². The summed E-state index contributed by atoms with van der Waals surface area (Å²) in [4.78, 5) is 31.6. The van der Waals surface area contributed by atoms with Crippen LogP contribution in [0.2, 0.25) is 5.02 Å². The zero-order chi connectivity index (χ0) is 18.7. The molecular formula is C19H26ClN3O2S. The summed E-state index contributed by atoms with van der Waals surface area (Å²) in [7, 11) is 4.08. The fourth-order valence-electron chi connectivity index (χ4n) is 3.67. The Bertz CT molecular complexity index is 653. The smallest absolute Gasteiger partial charge is 0.228 e. The molecule has 0 saturated carbocycles. The first-order valence-corrected chi connectivity index (χ1v) is 10.6. The second-order valence-corrected chi connectivity index (χ2v) is 8.84. The third kappa shape index (κ3) is 4.53. The van der Waals surface area contributed by atoms with E-state index < -0.39 is 0 Å². The highest BCUT2D eigenvalue weighted by atomic mass is 35.5. The Morgan fingerprint density at radius 2 is 2.04 bits per heavy atom. The fraction of sp³-hybridized carbons (Fsp3) is 0.579. The van der Waals surface area contributed by atoms with E-state index in [0.717, 1.165) is 36.7 Å². The Balaban J connectivity index is 1.72. The van der Waals surface area contributed by atoms with Crippen LogP contribution in [0.5, 0.6) is 0 Å². The van der Waals surface area contributed by atoms with Gasteiger partial charge < -0.3 is 14.7 Å². The number of carbonyl (C=O) groups excluding carboxylic acids is 2. The van der Waals surface area contributed by atoms with Crippen molar-refractivity contribution in [2.24, 2.45) is 5.92 Å². The van der Waals surface area contributed by atoms with Crippen molar-refractivity contribution in [3.05, 3.63) is 29.3 Å². The largest absolute Gasteiger partial charge is 0.337 e. The topological polar surface area (TPSA) is 43.9 Å². The van der Waals surface area contributed by atoms with Crippen molar-refractivity contribution in [1.82, 2.24) is 9.80 Å². The van der Waals surface area contributed by atoms with Gasteiger partial charge in [-0.3, -0.25) is 9.59 Å². The molecule has 2 saturated heterocycles. The van der Waals surface area contributed by atoms with Crippen LogP contribution < -0.4 is 4.90 Å². The van der Waals surface area contributed by atoms with Gasteiger partial charge in [-0.2, -0.15) is 11.8 Å². The van der Waals surface area contributed by atoms with Crippen LogP contribution in [0.4, 0.5) is 5.69 Å². The van der Waals surface area contributed by atoms with Gasteiger partial charge in [0.25, 0.3) is 0 Å². The normalized spacial score (nSPS) is 24.2. The second kappa shape index (κ2) is 8.63. The molecule has 5 nitrogen and oxygen atoms in total. The third-order valence-corrected chi connectivity index (χ3v) is 6.36. The number of rotatable bonds is 4. The zero-order valence-corrected chi connectivity index (χ0v) is 16.9. The molecule has 0 radical (unpaired) electrons. The van der Waals surface area contributed by atoms with E-state index in [1.165, 1.54) is 0 Å². The lowest BCUT2D eigenvalue weighted by atomic mass is 10.1. The number of hydrogen-bond donors (Lipinski definition) is 0. The molecule has 0 N–H and O–H groups in total. The number of nitrogens with zero attached hydrogens (tertiary/aromatic N) is 3. The fourth-order valence-corrected chi connectivity index (χ4v) is 4.85. The van der Waals surface area contributed by atoms with Crippen molar-refractivity contribution in [1.29, 1.82) is 0 Å². The molecule has 3 rings (SSSR count). The summed E-state index contributed by atoms with van der Waals surface area (Å²) < 4.78 is 0. The first kappa shape index (κ1) is 19.5. The molecule has 7 heteroatoms. The minimum atomic E-state index is -0.258. The number of carbonyl (C=O) groups is 2. The van der Waals surface area contributed by atoms with Crippen LogP contribution in [0.1, 0.15) is 12.8 Å². The van der Waals surface area contributed by atoms with Crippen molar-refractivity contribution in [3.8, 4) is 0 Å². The highest BCUT2D eigenvalue weighted by Crippen LogP contribution is 2.29. The molecule has 2 unspecified atom stereocenters. The molecule has 0 aromatic heterocycles. The van der Waals surface area contributed by atoms with E-state index in [9.17, 15) is 9.59 Å². The van der Waals surface area contributed by atoms with Crippen molar-refractivity contribution >= 4 is 40.9 Å². The molecule has 0 bridgehead atoms. The summed E-state index contributed by atoms with van der Waals surface area (Å²) in [5, 5.41) is 0.640. The van der Waals surface area contributed by atoms with Gasteiger partial charge in [0, 0.05) is 42.5 Å². The Morgan fingerprint density at radius 3 is 2.73 bits per heavy atom. The molecule has 2 atom stereocenters. The van der Waals surface area contributed by atoms with Gasteiger partial charge in [-0.1, -0.05) is 11.6 Å². The Kier molecular flexibility index (Phi) is 6.48. The van der Waals surface area contributed by atoms with E-state index in [0.29, 0.717) is 18.0 Å². The first-order chi connectivity index (χ1) is 12.5. The van der Waals surface area contributed by atoms with E-state index in [4.69, 9.17) is 11.6 Å². The van der Waals surface area contributed by atoms with Crippen LogP contribution in [-0.2, 0) is 9.59 Å². The highest BCUT2D eigenvalue weighted by Gasteiger charge is 2.39. The SMILES string of the molecule is CN(C)CC1CSCCCN1C(=O)C1CC(=O)N(c2ccc(Cl)cc2)C1. The first-order valence-electron chi connectivity index (χ1n) is 9.04. The van der Waals surface area contributed by atoms with Crippen LogP contribution in [0.15, 0.2) is 24.3 Å². The summed E-state index contributed by atoms with van der Waals surface area (Å²) in [6, 6.07) is 7.44. The summed E-state index contributed by atoms with van der Waals surface area (Å²) in [6.07, 6.45) is 1.31. The standard InChI is InChI=1S/C19H26ClN3O2S/c1-21(2)12-17-13-26-9-3-8-22(17)19(25)14-10-18(24)23(11-14)16-6-4-15(20)5-7-16/h4-7,14,17H,3,8-13H2,1-2H3. The molecule has 2 fully saturated rings. The van der Waals surface area contributed by atoms with Crippen LogP contribution in [0.3, 0.4) is 0 Å². The van der Waals surface area contributed by atoms with Crippen LogP contribution in [0.25, 0.3) is 0 Å². The number of hydrogen-bond acceptors (Lipinski definition) is 4. The molecule has 2 aliphatic rings. The number of amides is 2. The zero-order valence-electron chi connectivity index (χ0n) is 15.4. The van der Waals surface area contributed by atoms with Crippen molar-refractivity contribution in [3.63, 3.8) is 0 Å². The van der Waals surface area contributed by atoms with Gasteiger partial charge in [0.05, 0.1) is 12.0 Å². The molecule has 1 aromatic rings. The van der Waals surface area contributed by atoms with E-state index in [1.54, 1.807) is 17.0 Å². The van der Waals surface area contributed by atoms with Crippen molar-refractivity contribution in [2.45, 2.75) is 18.9 Å². The average Bonchev–Trinajstić information content (AvgIpc) is 2.84. The van der Waals surface area contributed by atoms with Crippen molar-refractivity contribution in [2.75, 3.05) is 50.1 Å². The van der Waals surface area contributed by atoms with Gasteiger partial charge in [-0.15, -0.1) is 0 Å². The van der Waals surface area contributed by atoms with Crippen LogP contribution in [-0.4, -0.2) is 72.9 Å². The Labute approximate surface area is 164 Å². The van der Waals surface area contributed by atoms with Gasteiger partial charge in [-0.25, -0.2) is 0 Å². The molecule has 1 aromatic carbocycles. The number of halogens is 1. The van der Waals surface area contributed by atoms with Crippen LogP contribution >= 0.6 is 23.4 Å². The third-order valence-electron chi connectivity index (χ3n) is 4.91. The van der Waals surface area contributed by atoms with Crippen molar-refractivity contribution < 1.29 is 9.59 Å². The minimum Gasteiger partial charge on any atom is -0.337 e. The molecule has 0 aliphatic carbocycles. The van der Waals surface area contributed by atoms with E-state index >= 15 is 0 Å². The molecular weight excluding hydrogens is 370 g/mol. The summed E-state index contributed by atoms with van der Waals surface area (Å²) in [5.74, 6) is 1.94. The lowest BCUT2D eigenvalue weighted by molar-refractivity contribution is -0.137. The average molecular weight is 396 g/mol. The minimum absolute atomic E-state index is 0.0130. The maximum absolute atomic E-state index is 13.2. The lowest BCUT2D eigenvalue weighted by Crippen LogP contribution is -2.49. The number of benzene rings is 1. The van der Waals surface area contributed by atoms with Gasteiger partial charge in [0.2, 0.25) is 11.8 Å².